The van der Waals surface area contributed by atoms with E-state index in [-0.39, 0.29) is 27.7 Å². The number of hydrogen-bond acceptors (Lipinski definition) is 5. The predicted octanol–water partition coefficient (Wildman–Crippen LogP) is 3.78. The van der Waals surface area contributed by atoms with Crippen molar-refractivity contribution in [2.45, 2.75) is 49.7 Å². The highest BCUT2D eigenvalue weighted by Gasteiger charge is 2.37. The van der Waals surface area contributed by atoms with Crippen molar-refractivity contribution >= 4 is 9.84 Å². The van der Waals surface area contributed by atoms with Crippen LogP contribution in [0.4, 0.5) is 4.39 Å². The van der Waals surface area contributed by atoms with Gasteiger partial charge in [0.15, 0.2) is 21.4 Å². The largest absolute Gasteiger partial charge is 0.436 e. The molecular formula is C17H19FN2O3S. The Morgan fingerprint density at radius 1 is 1.25 bits per heavy atom. The highest BCUT2D eigenvalue weighted by atomic mass is 32.2. The Morgan fingerprint density at radius 3 is 2.54 bits per heavy atom. The molecule has 0 N–H and O–H groups in total. The topological polar surface area (TPSA) is 69.2 Å². The molecular weight excluding hydrogens is 331 g/mol. The zero-order valence-corrected chi connectivity index (χ0v) is 14.6. The van der Waals surface area contributed by atoms with E-state index in [1.54, 1.807) is 0 Å². The highest BCUT2D eigenvalue weighted by molar-refractivity contribution is 7.92. The van der Waals surface area contributed by atoms with E-state index in [4.69, 9.17) is 4.74 Å². The normalized spacial score (nSPS) is 14.9. The van der Waals surface area contributed by atoms with E-state index in [0.717, 1.165) is 17.3 Å². The maximum atomic E-state index is 14.3. The van der Waals surface area contributed by atoms with Gasteiger partial charge in [-0.1, -0.05) is 13.8 Å². The van der Waals surface area contributed by atoms with Crippen LogP contribution in [-0.4, -0.2) is 23.6 Å². The van der Waals surface area contributed by atoms with Crippen molar-refractivity contribution in [1.29, 1.82) is 0 Å². The van der Waals surface area contributed by atoms with Crippen LogP contribution in [0, 0.1) is 12.7 Å². The van der Waals surface area contributed by atoms with Crippen LogP contribution in [0.5, 0.6) is 11.6 Å². The number of rotatable bonds is 5. The van der Waals surface area contributed by atoms with Gasteiger partial charge in [0.1, 0.15) is 6.33 Å². The summed E-state index contributed by atoms with van der Waals surface area (Å²) in [6.45, 7) is 5.81. The van der Waals surface area contributed by atoms with Crippen molar-refractivity contribution in [3.63, 3.8) is 0 Å². The molecule has 1 fully saturated rings. The minimum atomic E-state index is -3.43. The van der Waals surface area contributed by atoms with Gasteiger partial charge >= 0.3 is 0 Å². The summed E-state index contributed by atoms with van der Waals surface area (Å²) < 4.78 is 44.2. The lowest BCUT2D eigenvalue weighted by Crippen LogP contribution is -2.07. The third-order valence-corrected chi connectivity index (χ3v) is 6.29. The Balaban J connectivity index is 1.90. The summed E-state index contributed by atoms with van der Waals surface area (Å²) in [5, 5.41) is -0.374. The third kappa shape index (κ3) is 3.13. The average Bonchev–Trinajstić information content (AvgIpc) is 3.36. The molecule has 0 amide bonds. The molecule has 0 aliphatic heterocycles. The smallest absolute Gasteiger partial charge is 0.225 e. The van der Waals surface area contributed by atoms with Crippen LogP contribution in [0.15, 0.2) is 29.4 Å². The molecule has 1 aromatic heterocycles. The fourth-order valence-corrected chi connectivity index (χ4v) is 4.21. The molecule has 1 saturated carbocycles. The summed E-state index contributed by atoms with van der Waals surface area (Å²) in [4.78, 5) is 8.26. The molecule has 7 heteroatoms. The van der Waals surface area contributed by atoms with Crippen LogP contribution >= 0.6 is 0 Å². The van der Waals surface area contributed by atoms with Gasteiger partial charge in [-0.05, 0) is 43.9 Å². The van der Waals surface area contributed by atoms with Crippen molar-refractivity contribution < 1.29 is 17.5 Å². The maximum absolute atomic E-state index is 14.3. The Morgan fingerprint density at radius 2 is 1.96 bits per heavy atom. The quantitative estimate of drug-likeness (QED) is 0.821. The molecule has 1 aliphatic carbocycles. The first-order valence-corrected chi connectivity index (χ1v) is 9.38. The number of sulfone groups is 1. The third-order valence-electron chi connectivity index (χ3n) is 4.03. The van der Waals surface area contributed by atoms with Crippen molar-refractivity contribution in [2.24, 2.45) is 0 Å². The molecule has 5 nitrogen and oxygen atoms in total. The predicted molar refractivity (Wildman–Crippen MR) is 87.5 cm³/mol. The molecule has 2 aromatic rings. The average molecular weight is 350 g/mol. The molecule has 0 atom stereocenters. The van der Waals surface area contributed by atoms with Crippen LogP contribution in [0.25, 0.3) is 0 Å². The summed E-state index contributed by atoms with van der Waals surface area (Å²) in [5.41, 5.74) is 1.56. The minimum Gasteiger partial charge on any atom is -0.436 e. The molecule has 24 heavy (non-hydrogen) atoms. The molecule has 1 aromatic carbocycles. The molecule has 0 spiro atoms. The lowest BCUT2D eigenvalue weighted by atomic mass is 10.1. The van der Waals surface area contributed by atoms with Gasteiger partial charge in [-0.15, -0.1) is 0 Å². The second-order valence-corrected chi connectivity index (χ2v) is 8.51. The van der Waals surface area contributed by atoms with E-state index < -0.39 is 15.7 Å². The van der Waals surface area contributed by atoms with Crippen molar-refractivity contribution in [2.75, 3.05) is 0 Å². The Kier molecular flexibility index (Phi) is 4.29. The number of aromatic nitrogens is 2. The number of ether oxygens (including phenoxy) is 1. The van der Waals surface area contributed by atoms with Gasteiger partial charge in [0, 0.05) is 5.56 Å². The number of halogens is 1. The summed E-state index contributed by atoms with van der Waals surface area (Å²) in [6, 6.07) is 3.73. The summed E-state index contributed by atoms with van der Waals surface area (Å²) >= 11 is 0. The Hall–Kier alpha value is -2.02. The van der Waals surface area contributed by atoms with Crippen molar-refractivity contribution in [3.8, 4) is 11.6 Å². The van der Waals surface area contributed by atoms with Crippen LogP contribution in [0.3, 0.4) is 0 Å². The van der Waals surface area contributed by atoms with Gasteiger partial charge in [-0.2, -0.15) is 0 Å². The van der Waals surface area contributed by atoms with Gasteiger partial charge in [-0.3, -0.25) is 0 Å². The fourth-order valence-electron chi connectivity index (χ4n) is 2.55. The molecule has 128 valence electrons. The van der Waals surface area contributed by atoms with E-state index in [2.05, 4.69) is 9.97 Å². The lowest BCUT2D eigenvalue weighted by molar-refractivity contribution is 0.420. The van der Waals surface area contributed by atoms with Gasteiger partial charge in [0.05, 0.1) is 15.8 Å². The molecule has 1 heterocycles. The standard InChI is InChI=1S/C17H19FN2O3S/c1-10(2)16-11(3)17(20-9-19-16)23-15-7-6-13(8-14(15)18)24(21,22)12-4-5-12/h6-10,12H,4-5H2,1-3H3. The number of benzene rings is 1. The van der Waals surface area contributed by atoms with E-state index in [1.807, 2.05) is 20.8 Å². The monoisotopic (exact) mass is 350 g/mol. The molecule has 1 aliphatic rings. The van der Waals surface area contributed by atoms with Gasteiger partial charge in [-0.25, -0.2) is 22.8 Å². The molecule has 0 unspecified atom stereocenters. The lowest BCUT2D eigenvalue weighted by Gasteiger charge is -2.13. The second kappa shape index (κ2) is 6.12. The Labute approximate surface area is 140 Å². The number of nitrogens with zero attached hydrogens (tertiary/aromatic N) is 2. The summed E-state index contributed by atoms with van der Waals surface area (Å²) in [7, 11) is -3.43. The Bertz CT molecular complexity index is 877. The van der Waals surface area contributed by atoms with Gasteiger partial charge in [0.25, 0.3) is 0 Å². The molecule has 0 saturated heterocycles. The first-order chi connectivity index (χ1) is 11.3. The molecule has 0 radical (unpaired) electrons. The highest BCUT2D eigenvalue weighted by Crippen LogP contribution is 2.35. The first-order valence-electron chi connectivity index (χ1n) is 7.83. The SMILES string of the molecule is Cc1c(Oc2ccc(S(=O)(=O)C3CC3)cc2F)ncnc1C(C)C. The van der Waals surface area contributed by atoms with Crippen LogP contribution in [0.1, 0.15) is 43.9 Å². The zero-order valence-electron chi connectivity index (χ0n) is 13.8. The zero-order chi connectivity index (χ0) is 17.5. The second-order valence-electron chi connectivity index (χ2n) is 6.28. The van der Waals surface area contributed by atoms with E-state index in [1.165, 1.54) is 18.5 Å². The number of hydrogen-bond donors (Lipinski definition) is 0. The van der Waals surface area contributed by atoms with Gasteiger partial charge in [0.2, 0.25) is 5.88 Å². The maximum Gasteiger partial charge on any atom is 0.225 e. The summed E-state index contributed by atoms with van der Waals surface area (Å²) in [6.07, 6.45) is 2.65. The minimum absolute atomic E-state index is 0.00266. The van der Waals surface area contributed by atoms with E-state index >= 15 is 0 Å². The van der Waals surface area contributed by atoms with Gasteiger partial charge < -0.3 is 4.74 Å². The summed E-state index contributed by atoms with van der Waals surface area (Å²) in [5.74, 6) is -0.321. The van der Waals surface area contributed by atoms with Crippen LogP contribution in [0.2, 0.25) is 0 Å². The first kappa shape index (κ1) is 16.8. The van der Waals surface area contributed by atoms with Crippen molar-refractivity contribution in [3.05, 3.63) is 41.6 Å². The fraction of sp³-hybridized carbons (Fsp3) is 0.412. The van der Waals surface area contributed by atoms with E-state index in [9.17, 15) is 12.8 Å². The molecule has 3 rings (SSSR count). The van der Waals surface area contributed by atoms with E-state index in [0.29, 0.717) is 12.8 Å². The van der Waals surface area contributed by atoms with Crippen LogP contribution < -0.4 is 4.74 Å². The molecule has 0 bridgehead atoms. The van der Waals surface area contributed by atoms with Crippen LogP contribution in [-0.2, 0) is 9.84 Å². The van der Waals surface area contributed by atoms with Crippen molar-refractivity contribution in [1.82, 2.24) is 9.97 Å².